The van der Waals surface area contributed by atoms with Crippen LogP contribution in [0.15, 0.2) is 11.2 Å². The fourth-order valence-corrected chi connectivity index (χ4v) is 5.36. The van der Waals surface area contributed by atoms with Gasteiger partial charge in [-0.25, -0.2) is 0 Å². The number of thioether (sulfide) groups is 1. The number of aryl methyl sites for hydroxylation is 1. The van der Waals surface area contributed by atoms with Crippen molar-refractivity contribution in [1.82, 2.24) is 14.8 Å². The molecule has 0 radical (unpaired) electrons. The van der Waals surface area contributed by atoms with Crippen molar-refractivity contribution in [2.24, 2.45) is 18.4 Å². The van der Waals surface area contributed by atoms with Crippen LogP contribution in [0.5, 0.6) is 0 Å². The van der Waals surface area contributed by atoms with E-state index in [0.29, 0.717) is 5.75 Å². The molecular weight excluding hydrogens is 350 g/mol. The Balaban J connectivity index is 1.76. The second-order valence-electron chi connectivity index (χ2n) is 7.90. The van der Waals surface area contributed by atoms with Crippen LogP contribution in [0, 0.1) is 11.3 Å². The zero-order chi connectivity index (χ0) is 18.2. The number of ketones is 1. The number of thiophene rings is 1. The van der Waals surface area contributed by atoms with E-state index in [9.17, 15) is 4.79 Å². The van der Waals surface area contributed by atoms with E-state index < -0.39 is 0 Å². The first kappa shape index (κ1) is 18.6. The molecule has 0 spiro atoms. The van der Waals surface area contributed by atoms with Gasteiger partial charge >= 0.3 is 0 Å². The molecule has 3 rings (SSSR count). The summed E-state index contributed by atoms with van der Waals surface area (Å²) in [6.45, 7) is 8.15. The number of aromatic nitrogens is 3. The van der Waals surface area contributed by atoms with Gasteiger partial charge in [0.05, 0.1) is 10.6 Å². The van der Waals surface area contributed by atoms with Gasteiger partial charge in [0.1, 0.15) is 5.78 Å². The predicted molar refractivity (Wildman–Crippen MR) is 105 cm³/mol. The van der Waals surface area contributed by atoms with Gasteiger partial charge in [0, 0.05) is 17.3 Å². The molecule has 0 fully saturated rings. The first-order valence-corrected chi connectivity index (χ1v) is 10.8. The third-order valence-electron chi connectivity index (χ3n) is 4.99. The third kappa shape index (κ3) is 4.00. The van der Waals surface area contributed by atoms with Crippen molar-refractivity contribution < 1.29 is 4.79 Å². The Morgan fingerprint density at radius 1 is 1.40 bits per heavy atom. The lowest BCUT2D eigenvalue weighted by Gasteiger charge is -2.19. The molecule has 0 saturated carbocycles. The molecule has 0 aromatic carbocycles. The Kier molecular flexibility index (Phi) is 5.40. The molecule has 1 atom stereocenters. The number of hydrogen-bond acceptors (Lipinski definition) is 5. The molecule has 2 aromatic rings. The van der Waals surface area contributed by atoms with E-state index in [4.69, 9.17) is 0 Å². The van der Waals surface area contributed by atoms with Crippen LogP contribution >= 0.6 is 23.1 Å². The Bertz CT molecular complexity index is 770. The Labute approximate surface area is 158 Å². The highest BCUT2D eigenvalue weighted by Crippen LogP contribution is 2.38. The maximum atomic E-state index is 12.1. The fourth-order valence-electron chi connectivity index (χ4n) is 3.06. The molecule has 0 saturated heterocycles. The summed E-state index contributed by atoms with van der Waals surface area (Å²) < 4.78 is 2.02. The molecule has 1 unspecified atom stereocenters. The predicted octanol–water partition coefficient (Wildman–Crippen LogP) is 4.77. The second kappa shape index (κ2) is 7.23. The van der Waals surface area contributed by atoms with Gasteiger partial charge in [-0.05, 0) is 36.8 Å². The molecule has 0 bridgehead atoms. The van der Waals surface area contributed by atoms with Crippen LogP contribution in [0.2, 0.25) is 0 Å². The summed E-state index contributed by atoms with van der Waals surface area (Å²) in [6.07, 6.45) is 4.95. The number of nitrogens with zero attached hydrogens (tertiary/aromatic N) is 3. The van der Waals surface area contributed by atoms with Crippen LogP contribution < -0.4 is 0 Å². The topological polar surface area (TPSA) is 47.8 Å². The van der Waals surface area contributed by atoms with E-state index in [1.807, 2.05) is 43.7 Å². The molecule has 0 N–H and O–H groups in total. The van der Waals surface area contributed by atoms with Crippen molar-refractivity contribution in [1.29, 1.82) is 0 Å². The van der Waals surface area contributed by atoms with Gasteiger partial charge in [-0.1, -0.05) is 45.9 Å². The quantitative estimate of drug-likeness (QED) is 0.705. The van der Waals surface area contributed by atoms with Gasteiger partial charge in [0.2, 0.25) is 0 Å². The summed E-state index contributed by atoms with van der Waals surface area (Å²) in [5.41, 5.74) is 1.19. The van der Waals surface area contributed by atoms with Crippen LogP contribution in [-0.4, -0.2) is 26.3 Å². The van der Waals surface area contributed by atoms with E-state index in [-0.39, 0.29) is 11.2 Å². The lowest BCUT2D eigenvalue weighted by Crippen LogP contribution is -2.22. The minimum Gasteiger partial charge on any atom is -0.304 e. The number of hydrogen-bond donors (Lipinski definition) is 0. The van der Waals surface area contributed by atoms with E-state index in [2.05, 4.69) is 23.2 Å². The zero-order valence-corrected chi connectivity index (χ0v) is 17.4. The number of rotatable bonds is 5. The number of carbonyl (C=O) groups is 1. The monoisotopic (exact) mass is 377 g/mol. The molecule has 25 heavy (non-hydrogen) atoms. The standard InChI is InChI=1S/C19H27N3OS2/c1-6-12-7-8-14-13(9-12)10-15(25-14)17-20-21-18(22(17)5)24-11-16(23)19(2,3)4/h10,12H,6-9,11H2,1-5H3. The van der Waals surface area contributed by atoms with Crippen LogP contribution in [0.4, 0.5) is 0 Å². The average molecular weight is 378 g/mol. The number of fused-ring (bicyclic) bond motifs is 1. The summed E-state index contributed by atoms with van der Waals surface area (Å²) in [5.74, 6) is 2.41. The van der Waals surface area contributed by atoms with Crippen molar-refractivity contribution in [3.05, 3.63) is 16.5 Å². The first-order valence-electron chi connectivity index (χ1n) is 8.97. The molecule has 1 aliphatic carbocycles. The van der Waals surface area contributed by atoms with Gasteiger partial charge in [0.15, 0.2) is 11.0 Å². The third-order valence-corrected chi connectivity index (χ3v) is 7.24. The molecule has 136 valence electrons. The lowest BCUT2D eigenvalue weighted by atomic mass is 9.87. The SMILES string of the molecule is CCC1CCc2sc(-c3nnc(SCC(=O)C(C)(C)C)n3C)cc2C1. The number of Topliss-reactive ketones (excluding diaryl/α,β-unsaturated/α-hetero) is 1. The molecule has 0 aliphatic heterocycles. The Morgan fingerprint density at radius 3 is 2.84 bits per heavy atom. The van der Waals surface area contributed by atoms with Crippen molar-refractivity contribution in [3.8, 4) is 10.7 Å². The number of carbonyl (C=O) groups excluding carboxylic acids is 1. The zero-order valence-electron chi connectivity index (χ0n) is 15.8. The molecule has 4 nitrogen and oxygen atoms in total. The smallest absolute Gasteiger partial charge is 0.191 e. The van der Waals surface area contributed by atoms with Crippen LogP contribution in [0.3, 0.4) is 0 Å². The maximum Gasteiger partial charge on any atom is 0.191 e. The highest BCUT2D eigenvalue weighted by atomic mass is 32.2. The second-order valence-corrected chi connectivity index (χ2v) is 9.98. The normalized spacial score (nSPS) is 17.6. The van der Waals surface area contributed by atoms with Crippen molar-refractivity contribution >= 4 is 28.9 Å². The molecule has 1 aliphatic rings. The van der Waals surface area contributed by atoms with Crippen molar-refractivity contribution in [3.63, 3.8) is 0 Å². The Hall–Kier alpha value is -1.14. The summed E-state index contributed by atoms with van der Waals surface area (Å²) in [4.78, 5) is 14.9. The van der Waals surface area contributed by atoms with Crippen LogP contribution in [0.25, 0.3) is 10.7 Å². The van der Waals surface area contributed by atoms with E-state index in [1.54, 1.807) is 0 Å². The minimum absolute atomic E-state index is 0.235. The summed E-state index contributed by atoms with van der Waals surface area (Å²) in [7, 11) is 1.99. The van der Waals surface area contributed by atoms with E-state index in [0.717, 1.165) is 16.9 Å². The average Bonchev–Trinajstić information content (AvgIpc) is 3.13. The largest absolute Gasteiger partial charge is 0.304 e. The first-order chi connectivity index (χ1) is 11.8. The lowest BCUT2D eigenvalue weighted by molar-refractivity contribution is -0.123. The highest BCUT2D eigenvalue weighted by molar-refractivity contribution is 7.99. The van der Waals surface area contributed by atoms with E-state index in [1.165, 1.54) is 52.8 Å². The van der Waals surface area contributed by atoms with Crippen LogP contribution in [-0.2, 0) is 24.7 Å². The summed E-state index contributed by atoms with van der Waals surface area (Å²) in [6, 6.07) is 2.31. The van der Waals surface area contributed by atoms with Gasteiger partial charge in [0.25, 0.3) is 0 Å². The van der Waals surface area contributed by atoms with Gasteiger partial charge in [-0.3, -0.25) is 4.79 Å². The molecule has 2 heterocycles. The van der Waals surface area contributed by atoms with Crippen molar-refractivity contribution in [2.45, 2.75) is 58.5 Å². The van der Waals surface area contributed by atoms with E-state index >= 15 is 0 Å². The molecular formula is C19H27N3OS2. The van der Waals surface area contributed by atoms with Gasteiger partial charge in [-0.15, -0.1) is 21.5 Å². The van der Waals surface area contributed by atoms with Crippen LogP contribution in [0.1, 0.15) is 51.0 Å². The molecule has 6 heteroatoms. The summed E-state index contributed by atoms with van der Waals surface area (Å²) in [5, 5.41) is 9.52. The molecule has 2 aromatic heterocycles. The maximum absolute atomic E-state index is 12.1. The Morgan fingerprint density at radius 2 is 2.16 bits per heavy atom. The minimum atomic E-state index is -0.308. The van der Waals surface area contributed by atoms with Gasteiger partial charge in [-0.2, -0.15) is 0 Å². The van der Waals surface area contributed by atoms with Gasteiger partial charge < -0.3 is 4.57 Å². The summed E-state index contributed by atoms with van der Waals surface area (Å²) >= 11 is 3.34. The van der Waals surface area contributed by atoms with Crippen molar-refractivity contribution in [2.75, 3.05) is 5.75 Å². The highest BCUT2D eigenvalue weighted by Gasteiger charge is 2.24. The fraction of sp³-hybridized carbons (Fsp3) is 0.632. The molecule has 0 amide bonds.